The summed E-state index contributed by atoms with van der Waals surface area (Å²) in [6.07, 6.45) is 0.770. The van der Waals surface area contributed by atoms with Gasteiger partial charge < -0.3 is 4.74 Å². The van der Waals surface area contributed by atoms with Gasteiger partial charge in [0.25, 0.3) is 5.69 Å². The van der Waals surface area contributed by atoms with E-state index in [1.807, 2.05) is 13.8 Å². The van der Waals surface area contributed by atoms with E-state index in [1.54, 1.807) is 12.1 Å². The molecule has 17 heavy (non-hydrogen) atoms. The molecule has 5 heteroatoms. The van der Waals surface area contributed by atoms with Gasteiger partial charge in [-0.25, -0.2) is 0 Å². The quantitative estimate of drug-likeness (QED) is 0.459. The van der Waals surface area contributed by atoms with Crippen LogP contribution in [0, 0.1) is 10.1 Å². The molecule has 0 heterocycles. The smallest absolute Gasteiger partial charge is 0.276 e. The predicted octanol–water partition coefficient (Wildman–Crippen LogP) is 3.72. The van der Waals surface area contributed by atoms with Crippen LogP contribution in [0.1, 0.15) is 31.7 Å². The fourth-order valence-electron chi connectivity index (χ4n) is 1.74. The van der Waals surface area contributed by atoms with Crippen LogP contribution in [0.5, 0.6) is 5.75 Å². The summed E-state index contributed by atoms with van der Waals surface area (Å²) in [5, 5.41) is 10.9. The van der Waals surface area contributed by atoms with Crippen LogP contribution >= 0.6 is 11.6 Å². The number of benzene rings is 1. The number of rotatable bonds is 5. The topological polar surface area (TPSA) is 52.4 Å². The normalized spacial score (nSPS) is 14.1. The second-order valence-electron chi connectivity index (χ2n) is 3.89. The molecule has 0 aromatic heterocycles. The lowest BCUT2D eigenvalue weighted by Gasteiger charge is -2.17. The fraction of sp³-hybridized carbons (Fsp3) is 0.500. The molecular weight excluding hydrogens is 242 g/mol. The molecule has 0 spiro atoms. The minimum Gasteiger partial charge on any atom is -0.497 e. The van der Waals surface area contributed by atoms with E-state index in [4.69, 9.17) is 16.3 Å². The molecular formula is C12H16ClNO3. The molecule has 2 atom stereocenters. The second kappa shape index (κ2) is 5.87. The number of nitro groups is 1. The second-order valence-corrected chi connectivity index (χ2v) is 4.46. The SMILES string of the molecule is CCC(Cl)C(C)c1ccc(OC)cc1[N+](=O)[O-]. The summed E-state index contributed by atoms with van der Waals surface area (Å²) in [5.74, 6) is 0.420. The van der Waals surface area contributed by atoms with Crippen molar-refractivity contribution < 1.29 is 9.66 Å². The standard InChI is InChI=1S/C12H16ClNO3/c1-4-11(13)8(2)10-6-5-9(17-3)7-12(10)14(15)16/h5-8,11H,4H2,1-3H3. The molecule has 0 aliphatic rings. The third kappa shape index (κ3) is 3.09. The number of ether oxygens (including phenoxy) is 1. The van der Waals surface area contributed by atoms with Gasteiger partial charge in [0.2, 0.25) is 0 Å². The highest BCUT2D eigenvalue weighted by molar-refractivity contribution is 6.21. The maximum absolute atomic E-state index is 11.0. The van der Waals surface area contributed by atoms with Gasteiger partial charge in [-0.1, -0.05) is 13.8 Å². The average molecular weight is 258 g/mol. The van der Waals surface area contributed by atoms with Crippen LogP contribution in [-0.2, 0) is 0 Å². The summed E-state index contributed by atoms with van der Waals surface area (Å²) in [5.41, 5.74) is 0.716. The number of hydrogen-bond donors (Lipinski definition) is 0. The van der Waals surface area contributed by atoms with Crippen LogP contribution in [0.4, 0.5) is 5.69 Å². The van der Waals surface area contributed by atoms with Crippen molar-refractivity contribution in [2.75, 3.05) is 7.11 Å². The largest absolute Gasteiger partial charge is 0.497 e. The molecule has 0 saturated heterocycles. The number of hydrogen-bond acceptors (Lipinski definition) is 3. The van der Waals surface area contributed by atoms with Crippen molar-refractivity contribution in [3.8, 4) is 5.75 Å². The first-order valence-electron chi connectivity index (χ1n) is 5.47. The Kier molecular flexibility index (Phi) is 4.75. The Morgan fingerprint density at radius 1 is 1.53 bits per heavy atom. The van der Waals surface area contributed by atoms with Crippen LogP contribution < -0.4 is 4.74 Å². The lowest BCUT2D eigenvalue weighted by atomic mass is 9.94. The molecule has 0 aliphatic carbocycles. The Morgan fingerprint density at radius 2 is 2.18 bits per heavy atom. The van der Waals surface area contributed by atoms with Gasteiger partial charge in [0.1, 0.15) is 5.75 Å². The van der Waals surface area contributed by atoms with Crippen LogP contribution in [0.15, 0.2) is 18.2 Å². The summed E-state index contributed by atoms with van der Waals surface area (Å²) < 4.78 is 4.99. The Labute approximate surface area is 106 Å². The zero-order valence-electron chi connectivity index (χ0n) is 10.1. The molecule has 0 saturated carbocycles. The van der Waals surface area contributed by atoms with Gasteiger partial charge >= 0.3 is 0 Å². The van der Waals surface area contributed by atoms with E-state index < -0.39 is 4.92 Å². The van der Waals surface area contributed by atoms with E-state index in [1.165, 1.54) is 13.2 Å². The molecule has 0 N–H and O–H groups in total. The number of nitro benzene ring substituents is 1. The first kappa shape index (κ1) is 13.8. The molecule has 1 aromatic rings. The summed E-state index contributed by atoms with van der Waals surface area (Å²) in [6, 6.07) is 4.87. The van der Waals surface area contributed by atoms with Gasteiger partial charge in [-0.15, -0.1) is 11.6 Å². The van der Waals surface area contributed by atoms with Crippen molar-refractivity contribution in [2.45, 2.75) is 31.6 Å². The zero-order valence-corrected chi connectivity index (χ0v) is 10.9. The molecule has 0 aliphatic heterocycles. The molecule has 94 valence electrons. The van der Waals surface area contributed by atoms with Gasteiger partial charge in [-0.2, -0.15) is 0 Å². The average Bonchev–Trinajstić information content (AvgIpc) is 2.35. The fourth-order valence-corrected chi connectivity index (χ4v) is 1.88. The van der Waals surface area contributed by atoms with Gasteiger partial charge in [0.05, 0.1) is 18.1 Å². The van der Waals surface area contributed by atoms with E-state index in [0.29, 0.717) is 11.3 Å². The Hall–Kier alpha value is -1.29. The molecule has 1 rings (SSSR count). The molecule has 0 amide bonds. The molecule has 4 nitrogen and oxygen atoms in total. The summed E-state index contributed by atoms with van der Waals surface area (Å²) in [4.78, 5) is 10.6. The highest BCUT2D eigenvalue weighted by Crippen LogP contribution is 2.34. The first-order chi connectivity index (χ1) is 8.01. The third-order valence-electron chi connectivity index (χ3n) is 2.86. The van der Waals surface area contributed by atoms with Gasteiger partial charge in [-0.05, 0) is 18.6 Å². The van der Waals surface area contributed by atoms with E-state index in [-0.39, 0.29) is 17.0 Å². The lowest BCUT2D eigenvalue weighted by Crippen LogP contribution is -2.10. The molecule has 1 aromatic carbocycles. The minimum absolute atomic E-state index is 0.0621. The number of nitrogens with zero attached hydrogens (tertiary/aromatic N) is 1. The van der Waals surface area contributed by atoms with Crippen LogP contribution in [0.3, 0.4) is 0 Å². The number of alkyl halides is 1. The molecule has 0 fully saturated rings. The Morgan fingerprint density at radius 3 is 2.65 bits per heavy atom. The van der Waals surface area contributed by atoms with Gasteiger partial charge in [0.15, 0.2) is 0 Å². The van der Waals surface area contributed by atoms with E-state index in [2.05, 4.69) is 0 Å². The van der Waals surface area contributed by atoms with Crippen molar-refractivity contribution in [1.82, 2.24) is 0 Å². The highest BCUT2D eigenvalue weighted by Gasteiger charge is 2.24. The van der Waals surface area contributed by atoms with Crippen molar-refractivity contribution in [2.24, 2.45) is 0 Å². The van der Waals surface area contributed by atoms with Crippen LogP contribution in [0.2, 0.25) is 0 Å². The molecule has 2 unspecified atom stereocenters. The van der Waals surface area contributed by atoms with Crippen molar-refractivity contribution >= 4 is 17.3 Å². The minimum atomic E-state index is -0.395. The number of methoxy groups -OCH3 is 1. The Balaban J connectivity index is 3.18. The highest BCUT2D eigenvalue weighted by atomic mass is 35.5. The summed E-state index contributed by atoms with van der Waals surface area (Å²) in [6.45, 7) is 3.86. The summed E-state index contributed by atoms with van der Waals surface area (Å²) >= 11 is 6.15. The number of halogens is 1. The monoisotopic (exact) mass is 257 g/mol. The van der Waals surface area contributed by atoms with Gasteiger partial charge in [0, 0.05) is 16.9 Å². The Bertz CT molecular complexity index is 409. The van der Waals surface area contributed by atoms with Crippen molar-refractivity contribution in [3.05, 3.63) is 33.9 Å². The maximum Gasteiger partial charge on any atom is 0.276 e. The summed E-state index contributed by atoms with van der Waals surface area (Å²) in [7, 11) is 1.48. The molecule has 0 bridgehead atoms. The van der Waals surface area contributed by atoms with Crippen LogP contribution in [-0.4, -0.2) is 17.4 Å². The van der Waals surface area contributed by atoms with Gasteiger partial charge in [-0.3, -0.25) is 10.1 Å². The molecule has 0 radical (unpaired) electrons. The third-order valence-corrected chi connectivity index (χ3v) is 3.54. The lowest BCUT2D eigenvalue weighted by molar-refractivity contribution is -0.385. The van der Waals surface area contributed by atoms with Crippen LogP contribution in [0.25, 0.3) is 0 Å². The van der Waals surface area contributed by atoms with E-state index in [0.717, 1.165) is 6.42 Å². The van der Waals surface area contributed by atoms with E-state index >= 15 is 0 Å². The maximum atomic E-state index is 11.0. The van der Waals surface area contributed by atoms with E-state index in [9.17, 15) is 10.1 Å². The van der Waals surface area contributed by atoms with Crippen molar-refractivity contribution in [3.63, 3.8) is 0 Å². The predicted molar refractivity (Wildman–Crippen MR) is 68.0 cm³/mol. The first-order valence-corrected chi connectivity index (χ1v) is 5.91. The zero-order chi connectivity index (χ0) is 13.0. The van der Waals surface area contributed by atoms with Crippen molar-refractivity contribution in [1.29, 1.82) is 0 Å².